The molecule has 1 aliphatic rings. The first-order valence-corrected chi connectivity index (χ1v) is 9.72. The molecule has 2 aromatic rings. The minimum absolute atomic E-state index is 0.252. The van der Waals surface area contributed by atoms with Gasteiger partial charge in [-0.15, -0.1) is 0 Å². The van der Waals surface area contributed by atoms with Gasteiger partial charge in [-0.1, -0.05) is 11.6 Å². The zero-order chi connectivity index (χ0) is 19.4. The molecule has 3 rings (SSSR count). The third-order valence-electron chi connectivity index (χ3n) is 3.91. The van der Waals surface area contributed by atoms with Gasteiger partial charge in [0, 0.05) is 26.2 Å². The fourth-order valence-corrected chi connectivity index (χ4v) is 3.50. The summed E-state index contributed by atoms with van der Waals surface area (Å²) in [6.45, 7) is 8.77. The fourth-order valence-electron chi connectivity index (χ4n) is 2.72. The average molecular weight is 411 g/mol. The van der Waals surface area contributed by atoms with Crippen LogP contribution in [0.25, 0.3) is 0 Å². The second-order valence-electron chi connectivity index (χ2n) is 7.11. The molecule has 0 amide bonds. The van der Waals surface area contributed by atoms with Gasteiger partial charge >= 0.3 is 0 Å². The van der Waals surface area contributed by atoms with Crippen molar-refractivity contribution in [3.8, 4) is 5.75 Å². The number of aliphatic imine (C=N–C) groups is 1. The molecule has 0 spiro atoms. The van der Waals surface area contributed by atoms with E-state index in [1.807, 2.05) is 49.9 Å². The van der Waals surface area contributed by atoms with E-state index in [0.29, 0.717) is 43.1 Å². The molecule has 10 heteroatoms. The van der Waals surface area contributed by atoms with Gasteiger partial charge in [0.1, 0.15) is 11.4 Å². The van der Waals surface area contributed by atoms with Crippen molar-refractivity contribution in [3.05, 3.63) is 29.4 Å². The molecule has 8 nitrogen and oxygen atoms in total. The van der Waals surface area contributed by atoms with Crippen molar-refractivity contribution in [1.29, 1.82) is 0 Å². The van der Waals surface area contributed by atoms with E-state index in [2.05, 4.69) is 24.1 Å². The topological polar surface area (TPSA) is 86.1 Å². The molecule has 1 fully saturated rings. The predicted molar refractivity (Wildman–Crippen MR) is 108 cm³/mol. The molecule has 0 aliphatic carbocycles. The van der Waals surface area contributed by atoms with Crippen molar-refractivity contribution in [1.82, 2.24) is 19.1 Å². The first-order chi connectivity index (χ1) is 12.9. The third kappa shape index (κ3) is 5.21. The number of hydrogen-bond donors (Lipinski definition) is 2. The number of hydrogen-bond acceptors (Lipinski definition) is 7. The Morgan fingerprint density at radius 2 is 1.85 bits per heavy atom. The number of ether oxygens (including phenoxy) is 1. The van der Waals surface area contributed by atoms with Crippen molar-refractivity contribution in [2.75, 3.05) is 31.1 Å². The van der Waals surface area contributed by atoms with E-state index < -0.39 is 0 Å². The Morgan fingerprint density at radius 1 is 1.19 bits per heavy atom. The lowest BCUT2D eigenvalue weighted by Crippen LogP contribution is -2.52. The lowest BCUT2D eigenvalue weighted by Gasteiger charge is -2.35. The number of halogens is 1. The summed E-state index contributed by atoms with van der Waals surface area (Å²) in [7, 11) is 0. The molecule has 1 aromatic heterocycles. The quantitative estimate of drug-likeness (QED) is 0.456. The van der Waals surface area contributed by atoms with Gasteiger partial charge in [0.05, 0.1) is 17.4 Å². The Kier molecular flexibility index (Phi) is 6.03. The molecule has 0 unspecified atom stereocenters. The Bertz CT molecular complexity index is 781. The highest BCUT2D eigenvalue weighted by Gasteiger charge is 2.23. The maximum Gasteiger partial charge on any atom is 0.223 e. The molecule has 1 aliphatic heterocycles. The van der Waals surface area contributed by atoms with Gasteiger partial charge in [0.25, 0.3) is 0 Å². The summed E-state index contributed by atoms with van der Waals surface area (Å²) in [4.78, 5) is 8.55. The van der Waals surface area contributed by atoms with Crippen LogP contribution in [0.15, 0.2) is 29.3 Å². The smallest absolute Gasteiger partial charge is 0.223 e. The summed E-state index contributed by atoms with van der Waals surface area (Å²) in [5.74, 6) is 1.90. The third-order valence-corrected chi connectivity index (χ3v) is 4.78. The van der Waals surface area contributed by atoms with E-state index >= 15 is 0 Å². The largest absolute Gasteiger partial charge is 0.488 e. The van der Waals surface area contributed by atoms with Crippen LogP contribution in [0.5, 0.6) is 5.75 Å². The van der Waals surface area contributed by atoms with Crippen LogP contribution >= 0.6 is 23.3 Å². The number of guanidine groups is 1. The van der Waals surface area contributed by atoms with Gasteiger partial charge < -0.3 is 14.5 Å². The summed E-state index contributed by atoms with van der Waals surface area (Å²) in [6, 6.07) is 7.45. The van der Waals surface area contributed by atoms with E-state index in [4.69, 9.17) is 16.3 Å². The first kappa shape index (κ1) is 19.7. The molecule has 0 atom stereocenters. The van der Waals surface area contributed by atoms with Gasteiger partial charge in [-0.2, -0.15) is 8.75 Å². The second-order valence-corrected chi connectivity index (χ2v) is 7.99. The molecule has 2 heterocycles. The average Bonchev–Trinajstić information content (AvgIpc) is 3.06. The van der Waals surface area contributed by atoms with E-state index in [0.717, 1.165) is 23.2 Å². The zero-order valence-electron chi connectivity index (χ0n) is 15.5. The van der Waals surface area contributed by atoms with Gasteiger partial charge in [-0.3, -0.25) is 5.21 Å². The van der Waals surface area contributed by atoms with Crippen molar-refractivity contribution < 1.29 is 9.94 Å². The van der Waals surface area contributed by atoms with Gasteiger partial charge in [-0.05, 0) is 45.0 Å². The number of aromatic nitrogens is 2. The van der Waals surface area contributed by atoms with Crippen molar-refractivity contribution in [2.24, 2.45) is 4.99 Å². The summed E-state index contributed by atoms with van der Waals surface area (Å²) in [6.07, 6.45) is 0. The van der Waals surface area contributed by atoms with Gasteiger partial charge in [-0.25, -0.2) is 10.5 Å². The Labute approximate surface area is 167 Å². The van der Waals surface area contributed by atoms with Crippen molar-refractivity contribution >= 4 is 40.8 Å². The van der Waals surface area contributed by atoms with Crippen LogP contribution in [-0.2, 0) is 0 Å². The van der Waals surface area contributed by atoms with Crippen LogP contribution in [0.2, 0.25) is 5.15 Å². The molecule has 0 saturated carbocycles. The number of nitrogens with one attached hydrogen (secondary N) is 1. The standard InChI is InChI=1S/C17H23ClN6O2S/c1-17(2,3)26-13-6-4-12(5-7-13)19-16(20-25)24-10-8-23(9-11-24)15-14(18)21-27-22-15/h4-7,25H,8-11H2,1-3H3,(H,19,20). The maximum atomic E-state index is 9.54. The summed E-state index contributed by atoms with van der Waals surface area (Å²) in [5, 5.41) is 9.97. The SMILES string of the molecule is CC(C)(C)Oc1ccc(N=C(NO)N2CCN(c3nsnc3Cl)CC2)cc1. The van der Waals surface area contributed by atoms with Crippen LogP contribution in [0.1, 0.15) is 20.8 Å². The zero-order valence-corrected chi connectivity index (χ0v) is 17.1. The predicted octanol–water partition coefficient (Wildman–Crippen LogP) is 3.16. The van der Waals surface area contributed by atoms with Gasteiger partial charge in [0.15, 0.2) is 11.0 Å². The molecule has 0 bridgehead atoms. The number of piperazine rings is 1. The molecule has 146 valence electrons. The molecule has 2 N–H and O–H groups in total. The lowest BCUT2D eigenvalue weighted by molar-refractivity contribution is 0.131. The lowest BCUT2D eigenvalue weighted by atomic mass is 10.2. The summed E-state index contributed by atoms with van der Waals surface area (Å²) in [5.41, 5.74) is 2.68. The van der Waals surface area contributed by atoms with Crippen molar-refractivity contribution in [2.45, 2.75) is 26.4 Å². The molecular formula is C17H23ClN6O2S. The summed E-state index contributed by atoms with van der Waals surface area (Å²) < 4.78 is 14.0. The van der Waals surface area contributed by atoms with Gasteiger partial charge in [0.2, 0.25) is 5.96 Å². The van der Waals surface area contributed by atoms with Crippen LogP contribution in [-0.4, -0.2) is 56.6 Å². The van der Waals surface area contributed by atoms with E-state index in [9.17, 15) is 5.21 Å². The number of nitrogens with zero attached hydrogens (tertiary/aromatic N) is 5. The van der Waals surface area contributed by atoms with E-state index in [1.54, 1.807) is 0 Å². The number of benzene rings is 1. The highest BCUT2D eigenvalue weighted by Crippen LogP contribution is 2.25. The number of rotatable bonds is 3. The minimum atomic E-state index is -0.252. The van der Waals surface area contributed by atoms with Crippen molar-refractivity contribution in [3.63, 3.8) is 0 Å². The first-order valence-electron chi connectivity index (χ1n) is 8.61. The van der Waals surface area contributed by atoms with Crippen LogP contribution in [0.4, 0.5) is 11.5 Å². The highest BCUT2D eigenvalue weighted by atomic mass is 35.5. The van der Waals surface area contributed by atoms with Crippen LogP contribution in [0, 0.1) is 0 Å². The maximum absolute atomic E-state index is 9.54. The van der Waals surface area contributed by atoms with Crippen LogP contribution < -0.4 is 15.1 Å². The molecule has 0 radical (unpaired) electrons. The molecular weight excluding hydrogens is 388 g/mol. The Morgan fingerprint density at radius 3 is 2.37 bits per heavy atom. The molecule has 1 saturated heterocycles. The minimum Gasteiger partial charge on any atom is -0.488 e. The number of hydroxylamine groups is 1. The second kappa shape index (κ2) is 8.28. The normalized spacial score (nSPS) is 15.8. The Hall–Kier alpha value is -2.10. The molecule has 1 aromatic carbocycles. The summed E-state index contributed by atoms with van der Waals surface area (Å²) >= 11 is 7.16. The number of anilines is 1. The monoisotopic (exact) mass is 410 g/mol. The highest BCUT2D eigenvalue weighted by molar-refractivity contribution is 6.99. The Balaban J connectivity index is 1.64. The molecule has 27 heavy (non-hydrogen) atoms. The van der Waals surface area contributed by atoms with Crippen LogP contribution in [0.3, 0.4) is 0 Å². The van der Waals surface area contributed by atoms with E-state index in [-0.39, 0.29) is 5.60 Å². The van der Waals surface area contributed by atoms with E-state index in [1.165, 1.54) is 0 Å². The fraction of sp³-hybridized carbons (Fsp3) is 0.471.